The van der Waals surface area contributed by atoms with E-state index >= 15 is 0 Å². The lowest BCUT2D eigenvalue weighted by Gasteiger charge is -2.31. The number of hydrogen-bond acceptors (Lipinski definition) is 2. The monoisotopic (exact) mass is 376 g/mol. The lowest BCUT2D eigenvalue weighted by Crippen LogP contribution is -2.31. The van der Waals surface area contributed by atoms with Gasteiger partial charge in [0, 0.05) is 23.1 Å². The first-order valence-corrected chi connectivity index (χ1v) is 10.3. The Kier molecular flexibility index (Phi) is 4.35. The van der Waals surface area contributed by atoms with Gasteiger partial charge < -0.3 is 15.4 Å². The van der Waals surface area contributed by atoms with Crippen molar-refractivity contribution < 1.29 is 5.11 Å². The molecule has 1 aliphatic rings. The van der Waals surface area contributed by atoms with E-state index in [0.29, 0.717) is 5.75 Å². The van der Waals surface area contributed by atoms with Crippen molar-refractivity contribution in [2.45, 2.75) is 64.8 Å². The Morgan fingerprint density at radius 3 is 2.14 bits per heavy atom. The summed E-state index contributed by atoms with van der Waals surface area (Å²) in [5.74, 6) is 0.441. The van der Waals surface area contributed by atoms with E-state index in [-0.39, 0.29) is 16.9 Å². The van der Waals surface area contributed by atoms with Gasteiger partial charge in [-0.25, -0.2) is 0 Å². The highest BCUT2D eigenvalue weighted by atomic mass is 16.3. The number of para-hydroxylation sites is 1. The number of aromatic amines is 1. The van der Waals surface area contributed by atoms with Gasteiger partial charge in [0.25, 0.3) is 0 Å². The lowest BCUT2D eigenvalue weighted by molar-refractivity contribution is 0.421. The molecule has 0 saturated heterocycles. The quantitative estimate of drug-likeness (QED) is 0.510. The zero-order valence-electron chi connectivity index (χ0n) is 17.9. The van der Waals surface area contributed by atoms with E-state index in [9.17, 15) is 5.11 Å². The molecule has 0 bridgehead atoms. The molecule has 0 unspecified atom stereocenters. The maximum atomic E-state index is 11.1. The van der Waals surface area contributed by atoms with Crippen molar-refractivity contribution in [3.05, 3.63) is 64.3 Å². The third-order valence-electron chi connectivity index (χ3n) is 5.94. The molecule has 3 nitrogen and oxygen atoms in total. The lowest BCUT2D eigenvalue weighted by atomic mass is 9.77. The third-order valence-corrected chi connectivity index (χ3v) is 5.94. The van der Waals surface area contributed by atoms with E-state index in [1.807, 2.05) is 0 Å². The van der Waals surface area contributed by atoms with Crippen LogP contribution in [0.2, 0.25) is 0 Å². The maximum absolute atomic E-state index is 11.1. The number of nitrogens with one attached hydrogen (secondary N) is 2. The molecule has 0 aliphatic carbocycles. The van der Waals surface area contributed by atoms with Gasteiger partial charge in [0.2, 0.25) is 0 Å². The second-order valence-electron chi connectivity index (χ2n) is 10.2. The molecule has 1 aliphatic heterocycles. The van der Waals surface area contributed by atoms with Gasteiger partial charge in [-0.3, -0.25) is 0 Å². The number of rotatable bonds is 1. The summed E-state index contributed by atoms with van der Waals surface area (Å²) in [7, 11) is 0. The van der Waals surface area contributed by atoms with Gasteiger partial charge in [-0.2, -0.15) is 0 Å². The number of phenols is 1. The minimum atomic E-state index is -0.127. The molecular weight excluding hydrogens is 344 g/mol. The Labute approximate surface area is 168 Å². The SMILES string of the molecule is CC(C)(C)c1cc([C@H]2NCCc3c2[nH]c2ccccc32)cc(C(C)(C)C)c1O. The van der Waals surface area contributed by atoms with Crippen LogP contribution in [0.3, 0.4) is 0 Å². The molecule has 4 rings (SSSR count). The number of aromatic hydroxyl groups is 1. The summed E-state index contributed by atoms with van der Waals surface area (Å²) >= 11 is 0. The Bertz CT molecular complexity index is 996. The maximum Gasteiger partial charge on any atom is 0.123 e. The van der Waals surface area contributed by atoms with Crippen LogP contribution in [-0.2, 0) is 17.3 Å². The van der Waals surface area contributed by atoms with Crippen LogP contribution >= 0.6 is 0 Å². The predicted octanol–water partition coefficient (Wildman–Crippen LogP) is 5.70. The van der Waals surface area contributed by atoms with Crippen molar-refractivity contribution in [1.29, 1.82) is 0 Å². The molecule has 3 N–H and O–H groups in total. The molecule has 0 spiro atoms. The second kappa shape index (κ2) is 6.38. The van der Waals surface area contributed by atoms with Crippen LogP contribution < -0.4 is 5.32 Å². The van der Waals surface area contributed by atoms with E-state index in [4.69, 9.17) is 0 Å². The second-order valence-corrected chi connectivity index (χ2v) is 10.2. The van der Waals surface area contributed by atoms with Crippen molar-refractivity contribution in [3.63, 3.8) is 0 Å². The van der Waals surface area contributed by atoms with Crippen molar-refractivity contribution in [2.24, 2.45) is 0 Å². The van der Waals surface area contributed by atoms with Crippen LogP contribution in [0.4, 0.5) is 0 Å². The molecule has 1 aromatic heterocycles. The first-order valence-electron chi connectivity index (χ1n) is 10.3. The van der Waals surface area contributed by atoms with Gasteiger partial charge in [-0.15, -0.1) is 0 Å². The highest BCUT2D eigenvalue weighted by Crippen LogP contribution is 2.42. The fraction of sp³-hybridized carbons (Fsp3) is 0.440. The van der Waals surface area contributed by atoms with Crippen molar-refractivity contribution in [2.75, 3.05) is 6.54 Å². The van der Waals surface area contributed by atoms with Gasteiger partial charge >= 0.3 is 0 Å². The summed E-state index contributed by atoms with van der Waals surface area (Å²) in [5, 5.41) is 16.1. The van der Waals surface area contributed by atoms with Crippen molar-refractivity contribution >= 4 is 10.9 Å². The standard InChI is InChI=1S/C25H32N2O/c1-24(2,3)18-13-15(14-19(23(18)28)25(4,5)6)21-22-17(11-12-26-21)16-9-7-8-10-20(16)27-22/h7-10,13-14,21,26-28H,11-12H2,1-6H3/t21-/m1/s1. The fourth-order valence-corrected chi connectivity index (χ4v) is 4.43. The van der Waals surface area contributed by atoms with E-state index in [2.05, 4.69) is 88.2 Å². The highest BCUT2D eigenvalue weighted by Gasteiger charge is 2.31. The number of aromatic nitrogens is 1. The van der Waals surface area contributed by atoms with E-state index in [1.54, 1.807) is 0 Å². The normalized spacial score (nSPS) is 17.7. The molecule has 148 valence electrons. The van der Waals surface area contributed by atoms with Gasteiger partial charge in [-0.1, -0.05) is 59.7 Å². The fourth-order valence-electron chi connectivity index (χ4n) is 4.43. The first kappa shape index (κ1) is 19.1. The van der Waals surface area contributed by atoms with Gasteiger partial charge in [0.1, 0.15) is 5.75 Å². The summed E-state index contributed by atoms with van der Waals surface area (Å²) in [6, 6.07) is 13.1. The van der Waals surface area contributed by atoms with Gasteiger partial charge in [-0.05, 0) is 57.7 Å². The molecule has 0 fully saturated rings. The van der Waals surface area contributed by atoms with Gasteiger partial charge in [0.15, 0.2) is 0 Å². The summed E-state index contributed by atoms with van der Waals surface area (Å²) in [6.07, 6.45) is 1.03. The summed E-state index contributed by atoms with van der Waals surface area (Å²) in [4.78, 5) is 3.67. The molecule has 3 heteroatoms. The van der Waals surface area contributed by atoms with Crippen LogP contribution in [0.1, 0.15) is 75.5 Å². The molecule has 2 heterocycles. The predicted molar refractivity (Wildman–Crippen MR) is 117 cm³/mol. The molecule has 0 amide bonds. The molecule has 1 atom stereocenters. The number of H-pyrrole nitrogens is 1. The number of benzene rings is 2. The number of phenolic OH excluding ortho intramolecular Hbond substituents is 1. The first-order chi connectivity index (χ1) is 13.1. The summed E-state index contributed by atoms with van der Waals surface area (Å²) in [6.45, 7) is 14.0. The van der Waals surface area contributed by atoms with E-state index < -0.39 is 0 Å². The van der Waals surface area contributed by atoms with E-state index in [0.717, 1.165) is 24.1 Å². The molecule has 28 heavy (non-hydrogen) atoms. The third kappa shape index (κ3) is 3.12. The molecule has 2 aromatic carbocycles. The zero-order chi connectivity index (χ0) is 20.3. The molecule has 3 aromatic rings. The Morgan fingerprint density at radius 2 is 1.54 bits per heavy atom. The Morgan fingerprint density at radius 1 is 0.929 bits per heavy atom. The summed E-state index contributed by atoms with van der Waals surface area (Å²) < 4.78 is 0. The van der Waals surface area contributed by atoms with Crippen LogP contribution in [0.15, 0.2) is 36.4 Å². The minimum Gasteiger partial charge on any atom is -0.507 e. The number of hydrogen-bond donors (Lipinski definition) is 3. The summed E-state index contributed by atoms with van der Waals surface area (Å²) in [5.41, 5.74) is 6.88. The highest BCUT2D eigenvalue weighted by molar-refractivity contribution is 5.85. The Hall–Kier alpha value is -2.26. The van der Waals surface area contributed by atoms with Crippen LogP contribution in [-0.4, -0.2) is 16.6 Å². The zero-order valence-corrected chi connectivity index (χ0v) is 17.9. The molecular formula is C25H32N2O. The van der Waals surface area contributed by atoms with Crippen LogP contribution in [0.5, 0.6) is 5.75 Å². The minimum absolute atomic E-state index is 0.110. The molecule has 0 saturated carbocycles. The smallest absolute Gasteiger partial charge is 0.123 e. The Balaban J connectivity index is 1.94. The topological polar surface area (TPSA) is 48.0 Å². The van der Waals surface area contributed by atoms with Crippen molar-refractivity contribution in [1.82, 2.24) is 10.3 Å². The van der Waals surface area contributed by atoms with Gasteiger partial charge in [0.05, 0.1) is 6.04 Å². The average Bonchev–Trinajstić information content (AvgIpc) is 2.99. The largest absolute Gasteiger partial charge is 0.507 e. The number of fused-ring (bicyclic) bond motifs is 3. The van der Waals surface area contributed by atoms with Crippen LogP contribution in [0, 0.1) is 0 Å². The van der Waals surface area contributed by atoms with E-state index in [1.165, 1.54) is 27.7 Å². The van der Waals surface area contributed by atoms with Crippen molar-refractivity contribution in [3.8, 4) is 5.75 Å². The average molecular weight is 377 g/mol. The molecule has 0 radical (unpaired) electrons. The van der Waals surface area contributed by atoms with Crippen LogP contribution in [0.25, 0.3) is 10.9 Å².